The van der Waals surface area contributed by atoms with Crippen LogP contribution in [0.3, 0.4) is 0 Å². The first-order chi connectivity index (χ1) is 9.51. The third kappa shape index (κ3) is 5.04. The molecule has 0 radical (unpaired) electrons. The van der Waals surface area contributed by atoms with Gasteiger partial charge in [0.15, 0.2) is 0 Å². The van der Waals surface area contributed by atoms with Crippen molar-refractivity contribution in [2.24, 2.45) is 0 Å². The molecule has 0 aliphatic rings. The monoisotopic (exact) mass is 296 g/mol. The van der Waals surface area contributed by atoms with E-state index in [1.165, 1.54) is 6.92 Å². The van der Waals surface area contributed by atoms with Crippen LogP contribution in [0.1, 0.15) is 32.8 Å². The lowest BCUT2D eigenvalue weighted by molar-refractivity contribution is -0.116. The van der Waals surface area contributed by atoms with Crippen molar-refractivity contribution in [3.63, 3.8) is 0 Å². The highest BCUT2D eigenvalue weighted by Crippen LogP contribution is 2.57. The molecular weight excluding hydrogens is 275 g/mol. The van der Waals surface area contributed by atoms with Crippen molar-refractivity contribution in [2.45, 2.75) is 27.2 Å². The molecule has 0 saturated carbocycles. The Balaban J connectivity index is 3.19. The molecule has 0 saturated heterocycles. The number of rotatable bonds is 8. The van der Waals surface area contributed by atoms with Gasteiger partial charge in [0, 0.05) is 11.7 Å². The number of benzene rings is 1. The predicted octanol–water partition coefficient (Wildman–Crippen LogP) is 4.27. The Labute approximate surface area is 120 Å². The molecule has 0 fully saturated rings. The molecule has 1 aromatic carbocycles. The Morgan fingerprint density at radius 2 is 1.70 bits per heavy atom. The maximum Gasteiger partial charge on any atom is 0.357 e. The first-order valence-corrected chi connectivity index (χ1v) is 8.20. The molecule has 5 heteroatoms. The zero-order valence-corrected chi connectivity index (χ0v) is 13.1. The Morgan fingerprint density at radius 1 is 1.15 bits per heavy atom. The van der Waals surface area contributed by atoms with Gasteiger partial charge in [0.2, 0.25) is 0 Å². The Kier molecular flexibility index (Phi) is 6.86. The van der Waals surface area contributed by atoms with Crippen molar-refractivity contribution < 1.29 is 18.4 Å². The normalized spacial score (nSPS) is 12.4. The third-order valence-electron chi connectivity index (χ3n) is 2.51. The molecular formula is C15H21O4P. The van der Waals surface area contributed by atoms with Gasteiger partial charge in [0.05, 0.1) is 13.2 Å². The van der Waals surface area contributed by atoms with E-state index in [1.54, 1.807) is 19.9 Å². The Bertz CT molecular complexity index is 498. The topological polar surface area (TPSA) is 52.6 Å². The average molecular weight is 296 g/mol. The van der Waals surface area contributed by atoms with Gasteiger partial charge in [-0.1, -0.05) is 30.3 Å². The SMILES string of the molecule is CCOP(=O)(OCC)C(=Cc1ccccc1)CC(C)=O. The summed E-state index contributed by atoms with van der Waals surface area (Å²) >= 11 is 0. The van der Waals surface area contributed by atoms with Crippen molar-refractivity contribution in [2.75, 3.05) is 13.2 Å². The summed E-state index contributed by atoms with van der Waals surface area (Å²) in [4.78, 5) is 11.4. The van der Waals surface area contributed by atoms with Crippen molar-refractivity contribution in [3.05, 3.63) is 41.2 Å². The summed E-state index contributed by atoms with van der Waals surface area (Å²) in [5.74, 6) is -0.0770. The van der Waals surface area contributed by atoms with E-state index in [2.05, 4.69) is 0 Å². The molecule has 0 unspecified atom stereocenters. The van der Waals surface area contributed by atoms with Crippen LogP contribution >= 0.6 is 7.60 Å². The standard InChI is InChI=1S/C15H21O4P/c1-4-18-20(17,19-5-2)15(11-13(3)16)12-14-9-7-6-8-10-14/h6-10,12H,4-5,11H2,1-3H3. The van der Waals surface area contributed by atoms with E-state index in [0.29, 0.717) is 5.31 Å². The predicted molar refractivity (Wildman–Crippen MR) is 80.6 cm³/mol. The van der Waals surface area contributed by atoms with Gasteiger partial charge in [-0.15, -0.1) is 0 Å². The summed E-state index contributed by atoms with van der Waals surface area (Å²) in [5.41, 5.74) is 0.864. The van der Waals surface area contributed by atoms with Crippen LogP contribution in [-0.4, -0.2) is 19.0 Å². The maximum absolute atomic E-state index is 12.8. The summed E-state index contributed by atoms with van der Waals surface area (Å²) in [5, 5.41) is 0.403. The Hall–Kier alpha value is -1.22. The van der Waals surface area contributed by atoms with Crippen LogP contribution < -0.4 is 0 Å². The van der Waals surface area contributed by atoms with Crippen LogP contribution in [0.4, 0.5) is 0 Å². The second-order valence-corrected chi connectivity index (χ2v) is 6.34. The molecule has 0 bridgehead atoms. The minimum atomic E-state index is -3.41. The van der Waals surface area contributed by atoms with E-state index in [1.807, 2.05) is 30.3 Å². The van der Waals surface area contributed by atoms with E-state index < -0.39 is 7.60 Å². The lowest BCUT2D eigenvalue weighted by atomic mass is 10.2. The largest absolute Gasteiger partial charge is 0.357 e. The highest BCUT2D eigenvalue weighted by atomic mass is 31.2. The van der Waals surface area contributed by atoms with Crippen LogP contribution in [0.5, 0.6) is 0 Å². The molecule has 0 atom stereocenters. The van der Waals surface area contributed by atoms with Crippen molar-refractivity contribution in [1.29, 1.82) is 0 Å². The van der Waals surface area contributed by atoms with Gasteiger partial charge in [-0.3, -0.25) is 9.36 Å². The van der Waals surface area contributed by atoms with Gasteiger partial charge < -0.3 is 9.05 Å². The molecule has 0 amide bonds. The fourth-order valence-electron chi connectivity index (χ4n) is 1.77. The third-order valence-corrected chi connectivity index (χ3v) is 4.70. The first-order valence-electron chi connectivity index (χ1n) is 6.66. The number of carbonyl (C=O) groups excluding carboxylic acids is 1. The molecule has 0 aliphatic heterocycles. The van der Waals surface area contributed by atoms with Gasteiger partial charge in [0.1, 0.15) is 5.78 Å². The highest BCUT2D eigenvalue weighted by molar-refractivity contribution is 7.58. The number of hydrogen-bond acceptors (Lipinski definition) is 4. The molecule has 0 spiro atoms. The molecule has 0 aromatic heterocycles. The van der Waals surface area contributed by atoms with E-state index in [9.17, 15) is 9.36 Å². The minimum absolute atomic E-state index is 0.0617. The van der Waals surface area contributed by atoms with Gasteiger partial charge in [-0.2, -0.15) is 0 Å². The number of carbonyl (C=O) groups is 1. The fourth-order valence-corrected chi connectivity index (χ4v) is 3.58. The Morgan fingerprint density at radius 3 is 2.15 bits per heavy atom. The molecule has 0 aliphatic carbocycles. The van der Waals surface area contributed by atoms with Crippen molar-refractivity contribution in [3.8, 4) is 0 Å². The van der Waals surface area contributed by atoms with E-state index in [0.717, 1.165) is 5.56 Å². The van der Waals surface area contributed by atoms with E-state index >= 15 is 0 Å². The van der Waals surface area contributed by atoms with Crippen molar-refractivity contribution >= 4 is 19.5 Å². The smallest absolute Gasteiger partial charge is 0.306 e. The second kappa shape index (κ2) is 8.15. The van der Waals surface area contributed by atoms with Gasteiger partial charge in [-0.25, -0.2) is 0 Å². The zero-order valence-electron chi connectivity index (χ0n) is 12.2. The summed E-state index contributed by atoms with van der Waals surface area (Å²) in [6.07, 6.45) is 1.78. The molecule has 110 valence electrons. The second-order valence-electron chi connectivity index (χ2n) is 4.26. The lowest BCUT2D eigenvalue weighted by Gasteiger charge is -2.19. The van der Waals surface area contributed by atoms with Crippen LogP contribution in [0.15, 0.2) is 35.6 Å². The van der Waals surface area contributed by atoms with Crippen LogP contribution in [0.25, 0.3) is 6.08 Å². The number of Topliss-reactive ketones (excluding diaryl/α,β-unsaturated/α-hetero) is 1. The molecule has 4 nitrogen and oxygen atoms in total. The van der Waals surface area contributed by atoms with Crippen LogP contribution in [0, 0.1) is 0 Å². The summed E-state index contributed by atoms with van der Waals surface area (Å²) in [6.45, 7) is 5.49. The summed E-state index contributed by atoms with van der Waals surface area (Å²) in [7, 11) is -3.41. The van der Waals surface area contributed by atoms with E-state index in [-0.39, 0.29) is 25.4 Å². The molecule has 0 heterocycles. The van der Waals surface area contributed by atoms with Gasteiger partial charge in [-0.05, 0) is 32.4 Å². The number of ketones is 1. The summed E-state index contributed by atoms with van der Waals surface area (Å²) < 4.78 is 23.4. The van der Waals surface area contributed by atoms with Crippen LogP contribution in [-0.2, 0) is 18.4 Å². The zero-order chi connectivity index (χ0) is 15.0. The lowest BCUT2D eigenvalue weighted by Crippen LogP contribution is -2.02. The maximum atomic E-state index is 12.8. The number of hydrogen-bond donors (Lipinski definition) is 0. The highest BCUT2D eigenvalue weighted by Gasteiger charge is 2.30. The molecule has 20 heavy (non-hydrogen) atoms. The molecule has 0 N–H and O–H groups in total. The molecule has 1 rings (SSSR count). The van der Waals surface area contributed by atoms with Gasteiger partial charge in [0.25, 0.3) is 0 Å². The molecule has 1 aromatic rings. The fraction of sp³-hybridized carbons (Fsp3) is 0.400. The number of allylic oxidation sites excluding steroid dienone is 1. The quantitative estimate of drug-likeness (QED) is 0.672. The first kappa shape index (κ1) is 16.8. The average Bonchev–Trinajstić information content (AvgIpc) is 2.39. The van der Waals surface area contributed by atoms with E-state index in [4.69, 9.17) is 9.05 Å². The van der Waals surface area contributed by atoms with Crippen LogP contribution in [0.2, 0.25) is 0 Å². The van der Waals surface area contributed by atoms with Gasteiger partial charge >= 0.3 is 7.60 Å². The van der Waals surface area contributed by atoms with Crippen molar-refractivity contribution in [1.82, 2.24) is 0 Å². The summed E-state index contributed by atoms with van der Waals surface area (Å²) in [6, 6.07) is 9.41. The minimum Gasteiger partial charge on any atom is -0.306 e.